The topological polar surface area (TPSA) is 138 Å². The van der Waals surface area contributed by atoms with Gasteiger partial charge < -0.3 is 20.1 Å². The summed E-state index contributed by atoms with van der Waals surface area (Å²) >= 11 is 0. The molecule has 0 spiro atoms. The minimum atomic E-state index is -2.79. The molecule has 8 nitrogen and oxygen atoms in total. The van der Waals surface area contributed by atoms with E-state index >= 15 is 0 Å². The second-order valence-electron chi connectivity index (χ2n) is 6.51. The van der Waals surface area contributed by atoms with E-state index in [1.807, 2.05) is 0 Å². The predicted molar refractivity (Wildman–Crippen MR) is 92.4 cm³/mol. The highest BCUT2D eigenvalue weighted by atomic mass is 16.6. The highest BCUT2D eigenvalue weighted by Crippen LogP contribution is 2.17. The molecule has 150 valence electrons. The summed E-state index contributed by atoms with van der Waals surface area (Å²) in [6.07, 6.45) is 7.32. The van der Waals surface area contributed by atoms with Crippen LogP contribution in [0.1, 0.15) is 84.0 Å². The third-order valence-electron chi connectivity index (χ3n) is 3.99. The molecule has 0 aromatic heterocycles. The fraction of sp³-hybridized carbons (Fsp3) is 0.778. The monoisotopic (exact) mass is 374 g/mol. The van der Waals surface area contributed by atoms with Crippen molar-refractivity contribution in [1.82, 2.24) is 0 Å². The van der Waals surface area contributed by atoms with Crippen LogP contribution < -0.4 is 0 Å². The fourth-order valence-corrected chi connectivity index (χ4v) is 2.50. The van der Waals surface area contributed by atoms with Crippen molar-refractivity contribution in [3.05, 3.63) is 0 Å². The highest BCUT2D eigenvalue weighted by molar-refractivity contribution is 5.92. The molecule has 1 unspecified atom stereocenters. The van der Waals surface area contributed by atoms with Gasteiger partial charge in [0.1, 0.15) is 0 Å². The average Bonchev–Trinajstić information content (AvgIpc) is 2.52. The highest BCUT2D eigenvalue weighted by Gasteiger charge is 2.41. The minimum Gasteiger partial charge on any atom is -0.481 e. The zero-order valence-corrected chi connectivity index (χ0v) is 15.4. The molecule has 0 aliphatic rings. The van der Waals surface area contributed by atoms with Crippen molar-refractivity contribution in [3.63, 3.8) is 0 Å². The maximum Gasteiger partial charge on any atom is 0.336 e. The van der Waals surface area contributed by atoms with Gasteiger partial charge in [0.25, 0.3) is 0 Å². The summed E-state index contributed by atoms with van der Waals surface area (Å²) in [6, 6.07) is 0. The Balaban J connectivity index is 3.96. The summed E-state index contributed by atoms with van der Waals surface area (Å²) < 4.78 is 4.46. The Morgan fingerprint density at radius 3 is 1.73 bits per heavy atom. The van der Waals surface area contributed by atoms with Gasteiger partial charge in [0.2, 0.25) is 0 Å². The van der Waals surface area contributed by atoms with Gasteiger partial charge >= 0.3 is 23.9 Å². The largest absolute Gasteiger partial charge is 0.481 e. The zero-order chi connectivity index (χ0) is 20.0. The van der Waals surface area contributed by atoms with Gasteiger partial charge in [-0.05, 0) is 6.42 Å². The Bertz CT molecular complexity index is 474. The quantitative estimate of drug-likeness (QED) is 0.226. The van der Waals surface area contributed by atoms with Crippen LogP contribution in [0.4, 0.5) is 0 Å². The van der Waals surface area contributed by atoms with E-state index in [1.165, 1.54) is 32.1 Å². The second-order valence-corrected chi connectivity index (χ2v) is 6.51. The molecule has 26 heavy (non-hydrogen) atoms. The van der Waals surface area contributed by atoms with Crippen LogP contribution >= 0.6 is 0 Å². The lowest BCUT2D eigenvalue weighted by atomic mass is 9.96. The van der Waals surface area contributed by atoms with Crippen molar-refractivity contribution in [3.8, 4) is 0 Å². The molecule has 0 aliphatic heterocycles. The Labute approximate surface area is 153 Å². The molecular formula is C18H30O8. The van der Waals surface area contributed by atoms with Crippen LogP contribution in [0, 0.1) is 0 Å². The van der Waals surface area contributed by atoms with Gasteiger partial charge in [-0.1, -0.05) is 58.3 Å². The molecule has 0 heterocycles. The van der Waals surface area contributed by atoms with Gasteiger partial charge in [0.05, 0.1) is 12.8 Å². The first-order valence-corrected chi connectivity index (χ1v) is 9.12. The maximum atomic E-state index is 11.6. The predicted octanol–water partition coefficient (Wildman–Crippen LogP) is 2.66. The summed E-state index contributed by atoms with van der Waals surface area (Å²) in [6.45, 7) is 2.16. The van der Waals surface area contributed by atoms with E-state index in [-0.39, 0.29) is 6.42 Å². The second kappa shape index (κ2) is 13.3. The van der Waals surface area contributed by atoms with E-state index < -0.39 is 42.3 Å². The lowest BCUT2D eigenvalue weighted by Gasteiger charge is -2.19. The van der Waals surface area contributed by atoms with Crippen molar-refractivity contribution >= 4 is 23.9 Å². The first kappa shape index (κ1) is 24.0. The van der Waals surface area contributed by atoms with Crippen LogP contribution in [0.25, 0.3) is 0 Å². The number of esters is 2. The standard InChI is InChI=1S/C18H30O8/c1-2-3-4-5-6-7-8-9-10-11-15(21)26-16(22)13-18(25,17(23)24)12-14(19)20/h25H,2-13H2,1H3,(H,19,20)(H,23,24). The van der Waals surface area contributed by atoms with Crippen molar-refractivity contribution in [1.29, 1.82) is 0 Å². The smallest absolute Gasteiger partial charge is 0.336 e. The number of carbonyl (C=O) groups excluding carboxylic acids is 2. The van der Waals surface area contributed by atoms with Gasteiger partial charge in [-0.15, -0.1) is 0 Å². The molecule has 0 aromatic rings. The number of unbranched alkanes of at least 4 members (excludes halogenated alkanes) is 8. The fourth-order valence-electron chi connectivity index (χ4n) is 2.50. The van der Waals surface area contributed by atoms with Crippen molar-refractivity contribution in [2.24, 2.45) is 0 Å². The molecule has 0 rings (SSSR count). The van der Waals surface area contributed by atoms with Crippen LogP contribution in [0.15, 0.2) is 0 Å². The number of hydrogen-bond donors (Lipinski definition) is 3. The lowest BCUT2D eigenvalue weighted by molar-refractivity contribution is -0.174. The molecule has 0 amide bonds. The molecular weight excluding hydrogens is 344 g/mol. The molecule has 0 saturated carbocycles. The summed E-state index contributed by atoms with van der Waals surface area (Å²) in [7, 11) is 0. The molecule has 0 aliphatic carbocycles. The summed E-state index contributed by atoms with van der Waals surface area (Å²) in [5.41, 5.74) is -2.79. The summed E-state index contributed by atoms with van der Waals surface area (Å²) in [5.74, 6) is -5.50. The Kier molecular flexibility index (Phi) is 12.3. The van der Waals surface area contributed by atoms with Crippen molar-refractivity contribution < 1.29 is 39.2 Å². The molecule has 0 bridgehead atoms. The van der Waals surface area contributed by atoms with E-state index in [0.29, 0.717) is 6.42 Å². The Morgan fingerprint density at radius 1 is 0.769 bits per heavy atom. The van der Waals surface area contributed by atoms with Gasteiger partial charge in [0, 0.05) is 6.42 Å². The summed E-state index contributed by atoms with van der Waals surface area (Å²) in [5, 5.41) is 27.1. The number of carboxylic acid groups (broad SMARTS) is 2. The number of ether oxygens (including phenoxy) is 1. The number of hydrogen-bond acceptors (Lipinski definition) is 6. The minimum absolute atomic E-state index is 0.0198. The van der Waals surface area contributed by atoms with Gasteiger partial charge in [0.15, 0.2) is 5.60 Å². The molecule has 0 aromatic carbocycles. The van der Waals surface area contributed by atoms with E-state index in [0.717, 1.165) is 19.3 Å². The molecule has 8 heteroatoms. The molecule has 0 fully saturated rings. The van der Waals surface area contributed by atoms with Crippen LogP contribution in [0.3, 0.4) is 0 Å². The van der Waals surface area contributed by atoms with Crippen LogP contribution in [-0.4, -0.2) is 44.8 Å². The van der Waals surface area contributed by atoms with Crippen molar-refractivity contribution in [2.45, 2.75) is 89.6 Å². The zero-order valence-electron chi connectivity index (χ0n) is 15.4. The first-order valence-electron chi connectivity index (χ1n) is 9.12. The Hall–Kier alpha value is -1.96. The van der Waals surface area contributed by atoms with E-state index in [9.17, 15) is 24.3 Å². The number of carbonyl (C=O) groups is 4. The number of aliphatic carboxylic acids is 2. The van der Waals surface area contributed by atoms with E-state index in [1.54, 1.807) is 0 Å². The third kappa shape index (κ3) is 11.6. The molecule has 1 atom stereocenters. The summed E-state index contributed by atoms with van der Waals surface area (Å²) in [4.78, 5) is 44.6. The van der Waals surface area contributed by atoms with Crippen LogP contribution in [0.2, 0.25) is 0 Å². The molecule has 0 saturated heterocycles. The number of aliphatic hydroxyl groups is 1. The normalized spacial score (nSPS) is 13.0. The van der Waals surface area contributed by atoms with Gasteiger partial charge in [-0.3, -0.25) is 14.4 Å². The van der Waals surface area contributed by atoms with E-state index in [2.05, 4.69) is 11.7 Å². The van der Waals surface area contributed by atoms with Crippen molar-refractivity contribution in [2.75, 3.05) is 0 Å². The average molecular weight is 374 g/mol. The Morgan fingerprint density at radius 2 is 1.27 bits per heavy atom. The molecule has 3 N–H and O–H groups in total. The molecule has 0 radical (unpaired) electrons. The van der Waals surface area contributed by atoms with Gasteiger partial charge in [-0.2, -0.15) is 0 Å². The SMILES string of the molecule is CCCCCCCCCCCC(=O)OC(=O)CC(O)(CC(=O)O)C(=O)O. The van der Waals surface area contributed by atoms with E-state index in [4.69, 9.17) is 10.2 Å². The van der Waals surface area contributed by atoms with Crippen LogP contribution in [-0.2, 0) is 23.9 Å². The number of rotatable bonds is 15. The van der Waals surface area contributed by atoms with Crippen LogP contribution in [0.5, 0.6) is 0 Å². The maximum absolute atomic E-state index is 11.6. The first-order chi connectivity index (χ1) is 12.2. The lowest BCUT2D eigenvalue weighted by Crippen LogP contribution is -2.43. The third-order valence-corrected chi connectivity index (χ3v) is 3.99. The van der Waals surface area contributed by atoms with Gasteiger partial charge in [-0.25, -0.2) is 4.79 Å². The number of carboxylic acids is 2.